The van der Waals surface area contributed by atoms with Gasteiger partial charge in [0.25, 0.3) is 0 Å². The summed E-state index contributed by atoms with van der Waals surface area (Å²) in [7, 11) is 3.22. The Bertz CT molecular complexity index is 846. The highest BCUT2D eigenvalue weighted by Crippen LogP contribution is 2.19. The van der Waals surface area contributed by atoms with Gasteiger partial charge >= 0.3 is 5.97 Å². The minimum atomic E-state index is -0.467. The van der Waals surface area contributed by atoms with Gasteiger partial charge in [-0.25, -0.2) is 9.79 Å². The summed E-state index contributed by atoms with van der Waals surface area (Å²) in [5.74, 6) is 1.33. The van der Waals surface area contributed by atoms with Crippen LogP contribution >= 0.6 is 0 Å². The third-order valence-corrected chi connectivity index (χ3v) is 3.59. The van der Waals surface area contributed by atoms with Gasteiger partial charge in [-0.2, -0.15) is 0 Å². The fraction of sp³-hybridized carbons (Fsp3) is 0.100. The average molecular weight is 335 g/mol. The van der Waals surface area contributed by atoms with Crippen molar-refractivity contribution in [1.29, 1.82) is 0 Å². The summed E-state index contributed by atoms with van der Waals surface area (Å²) in [6, 6.07) is 14.9. The molecule has 0 amide bonds. The average Bonchev–Trinajstić information content (AvgIpc) is 3.00. The Kier molecular flexibility index (Phi) is 4.95. The zero-order valence-electron chi connectivity index (χ0n) is 13.9. The molecule has 3 rings (SSSR count). The van der Waals surface area contributed by atoms with Crippen molar-refractivity contribution in [3.63, 3.8) is 0 Å². The first-order valence-corrected chi connectivity index (χ1v) is 7.67. The molecule has 0 bridgehead atoms. The summed E-state index contributed by atoms with van der Waals surface area (Å²) in [6.07, 6.45) is 5.16. The van der Waals surface area contributed by atoms with E-state index < -0.39 is 5.97 Å². The third kappa shape index (κ3) is 4.14. The van der Waals surface area contributed by atoms with E-state index in [1.807, 2.05) is 54.6 Å². The molecule has 1 heterocycles. The van der Waals surface area contributed by atoms with Crippen molar-refractivity contribution in [3.8, 4) is 11.5 Å². The van der Waals surface area contributed by atoms with E-state index in [-0.39, 0.29) is 11.6 Å². The number of hydrogen-bond acceptors (Lipinski definition) is 5. The maximum atomic E-state index is 11.9. The minimum absolute atomic E-state index is 0.263. The summed E-state index contributed by atoms with van der Waals surface area (Å²) in [4.78, 5) is 16.1. The molecule has 0 saturated heterocycles. The summed E-state index contributed by atoms with van der Waals surface area (Å²) in [6.45, 7) is 0. The summed E-state index contributed by atoms with van der Waals surface area (Å²) < 4.78 is 15.4. The standard InChI is InChI=1S/C20H17NO4/c1-23-16-8-3-14(4-9-16)7-12-19-21-18(20(22)25-19)13-15-5-10-17(24-2)11-6-15/h3-13H,1-2H3. The van der Waals surface area contributed by atoms with Crippen molar-refractivity contribution < 1.29 is 19.0 Å². The molecular weight excluding hydrogens is 318 g/mol. The third-order valence-electron chi connectivity index (χ3n) is 3.59. The maximum Gasteiger partial charge on any atom is 0.363 e. The molecule has 5 heteroatoms. The highest BCUT2D eigenvalue weighted by Gasteiger charge is 2.21. The normalized spacial score (nSPS) is 15.4. The van der Waals surface area contributed by atoms with E-state index in [0.717, 1.165) is 22.6 Å². The van der Waals surface area contributed by atoms with E-state index >= 15 is 0 Å². The fourth-order valence-electron chi connectivity index (χ4n) is 2.24. The van der Waals surface area contributed by atoms with Gasteiger partial charge in [-0.15, -0.1) is 0 Å². The summed E-state index contributed by atoms with van der Waals surface area (Å²) in [5.41, 5.74) is 2.06. The first kappa shape index (κ1) is 16.5. The number of esters is 1. The number of cyclic esters (lactones) is 1. The Balaban J connectivity index is 1.74. The minimum Gasteiger partial charge on any atom is -0.497 e. The number of aliphatic imine (C=N–C) groups is 1. The lowest BCUT2D eigenvalue weighted by atomic mass is 10.2. The van der Waals surface area contributed by atoms with Crippen LogP contribution in [-0.4, -0.2) is 26.1 Å². The predicted octanol–water partition coefficient (Wildman–Crippen LogP) is 3.71. The van der Waals surface area contributed by atoms with Crippen molar-refractivity contribution in [2.24, 2.45) is 4.99 Å². The number of methoxy groups -OCH3 is 2. The lowest BCUT2D eigenvalue weighted by Crippen LogP contribution is -2.01. The highest BCUT2D eigenvalue weighted by molar-refractivity contribution is 6.11. The van der Waals surface area contributed by atoms with Crippen LogP contribution in [0.5, 0.6) is 11.5 Å². The Hall–Kier alpha value is -3.34. The lowest BCUT2D eigenvalue weighted by Gasteiger charge is -1.99. The molecule has 0 N–H and O–H groups in total. The van der Waals surface area contributed by atoms with Crippen LogP contribution in [-0.2, 0) is 9.53 Å². The van der Waals surface area contributed by atoms with Crippen molar-refractivity contribution >= 4 is 24.0 Å². The van der Waals surface area contributed by atoms with Crippen molar-refractivity contribution in [1.82, 2.24) is 0 Å². The number of ether oxygens (including phenoxy) is 3. The Morgan fingerprint density at radius 2 is 1.40 bits per heavy atom. The molecular formula is C20H17NO4. The molecule has 25 heavy (non-hydrogen) atoms. The first-order chi connectivity index (χ1) is 12.2. The van der Waals surface area contributed by atoms with Crippen LogP contribution < -0.4 is 9.47 Å². The quantitative estimate of drug-likeness (QED) is 0.617. The van der Waals surface area contributed by atoms with Crippen molar-refractivity contribution in [3.05, 3.63) is 71.4 Å². The molecule has 1 aliphatic rings. The molecule has 0 atom stereocenters. The maximum absolute atomic E-state index is 11.9. The number of nitrogens with zero attached hydrogens (tertiary/aromatic N) is 1. The molecule has 2 aromatic rings. The number of carbonyl (C=O) groups excluding carboxylic acids is 1. The zero-order chi connectivity index (χ0) is 17.6. The number of carbonyl (C=O) groups is 1. The monoisotopic (exact) mass is 335 g/mol. The van der Waals surface area contributed by atoms with Crippen LogP contribution in [0.4, 0.5) is 0 Å². The van der Waals surface area contributed by atoms with Gasteiger partial charge in [0.2, 0.25) is 5.90 Å². The van der Waals surface area contributed by atoms with Crippen LogP contribution in [0, 0.1) is 0 Å². The van der Waals surface area contributed by atoms with E-state index in [1.165, 1.54) is 0 Å². The van der Waals surface area contributed by atoms with Gasteiger partial charge in [-0.1, -0.05) is 24.3 Å². The summed E-state index contributed by atoms with van der Waals surface area (Å²) in [5, 5.41) is 0. The van der Waals surface area contributed by atoms with Gasteiger partial charge in [0.15, 0.2) is 5.70 Å². The topological polar surface area (TPSA) is 57.1 Å². The molecule has 126 valence electrons. The highest BCUT2D eigenvalue weighted by atomic mass is 16.6. The SMILES string of the molecule is COc1ccc(C=CC2=NC(=Cc3ccc(OC)cc3)C(=O)O2)cc1. The Labute approximate surface area is 145 Å². The van der Waals surface area contributed by atoms with Crippen molar-refractivity contribution in [2.45, 2.75) is 0 Å². The van der Waals surface area contributed by atoms with Crippen LogP contribution in [0.2, 0.25) is 0 Å². The lowest BCUT2D eigenvalue weighted by molar-refractivity contribution is -0.129. The van der Waals surface area contributed by atoms with Crippen LogP contribution in [0.25, 0.3) is 12.2 Å². The van der Waals surface area contributed by atoms with E-state index in [2.05, 4.69) is 4.99 Å². The second-order valence-corrected chi connectivity index (χ2v) is 5.25. The van der Waals surface area contributed by atoms with Crippen LogP contribution in [0.15, 0.2) is 65.3 Å². The molecule has 2 aromatic carbocycles. The second-order valence-electron chi connectivity index (χ2n) is 5.25. The molecule has 0 aliphatic carbocycles. The first-order valence-electron chi connectivity index (χ1n) is 7.67. The molecule has 0 saturated carbocycles. The number of benzene rings is 2. The largest absolute Gasteiger partial charge is 0.497 e. The number of rotatable bonds is 5. The molecule has 0 radical (unpaired) electrons. The van der Waals surface area contributed by atoms with E-state index in [0.29, 0.717) is 0 Å². The summed E-state index contributed by atoms with van der Waals surface area (Å²) >= 11 is 0. The molecule has 0 unspecified atom stereocenters. The Morgan fingerprint density at radius 3 is 1.96 bits per heavy atom. The smallest absolute Gasteiger partial charge is 0.363 e. The van der Waals surface area contributed by atoms with Crippen LogP contribution in [0.3, 0.4) is 0 Å². The zero-order valence-corrected chi connectivity index (χ0v) is 13.9. The Morgan fingerprint density at radius 1 is 0.840 bits per heavy atom. The molecule has 1 aliphatic heterocycles. The van der Waals surface area contributed by atoms with Gasteiger partial charge in [0.1, 0.15) is 11.5 Å². The number of hydrogen-bond donors (Lipinski definition) is 0. The molecule has 5 nitrogen and oxygen atoms in total. The predicted molar refractivity (Wildman–Crippen MR) is 96.5 cm³/mol. The molecule has 0 aromatic heterocycles. The fourth-order valence-corrected chi connectivity index (χ4v) is 2.24. The van der Waals surface area contributed by atoms with E-state index in [9.17, 15) is 4.79 Å². The van der Waals surface area contributed by atoms with Gasteiger partial charge in [0, 0.05) is 6.08 Å². The molecule has 0 spiro atoms. The van der Waals surface area contributed by atoms with Gasteiger partial charge in [-0.3, -0.25) is 0 Å². The van der Waals surface area contributed by atoms with Crippen molar-refractivity contribution in [2.75, 3.05) is 14.2 Å². The second kappa shape index (κ2) is 7.49. The van der Waals surface area contributed by atoms with Crippen LogP contribution in [0.1, 0.15) is 11.1 Å². The van der Waals surface area contributed by atoms with E-state index in [4.69, 9.17) is 14.2 Å². The van der Waals surface area contributed by atoms with Gasteiger partial charge < -0.3 is 14.2 Å². The molecule has 0 fully saturated rings. The van der Waals surface area contributed by atoms with E-state index in [1.54, 1.807) is 26.4 Å². The van der Waals surface area contributed by atoms with Gasteiger partial charge in [0.05, 0.1) is 14.2 Å². The van der Waals surface area contributed by atoms with Gasteiger partial charge in [-0.05, 0) is 47.5 Å².